The highest BCUT2D eigenvalue weighted by atomic mass is 79.9. The highest BCUT2D eigenvalue weighted by Crippen LogP contribution is 2.45. The van der Waals surface area contributed by atoms with Gasteiger partial charge in [-0.1, -0.05) is 34.1 Å². The maximum absolute atomic E-state index is 9.53. The summed E-state index contributed by atoms with van der Waals surface area (Å²) in [5.74, 6) is 1.05. The molecule has 0 unspecified atom stereocenters. The minimum Gasteiger partial charge on any atom is -0.508 e. The average Bonchev–Trinajstić information content (AvgIpc) is 2.99. The van der Waals surface area contributed by atoms with E-state index in [1.807, 2.05) is 12.1 Å². The van der Waals surface area contributed by atoms with E-state index in [2.05, 4.69) is 28.1 Å². The molecule has 0 aromatic heterocycles. The zero-order valence-electron chi connectivity index (χ0n) is 8.20. The van der Waals surface area contributed by atoms with Crippen LogP contribution in [0.2, 0.25) is 0 Å². The van der Waals surface area contributed by atoms with Crippen molar-refractivity contribution in [3.8, 4) is 5.75 Å². The lowest BCUT2D eigenvalue weighted by Crippen LogP contribution is -1.84. The SMILES string of the molecule is Oc1cc(Br)c2c(C3CC3)cccc2c1. The number of hydrogen-bond acceptors (Lipinski definition) is 1. The lowest BCUT2D eigenvalue weighted by Gasteiger charge is -2.07. The van der Waals surface area contributed by atoms with Crippen LogP contribution in [0.4, 0.5) is 0 Å². The monoisotopic (exact) mass is 262 g/mol. The molecule has 0 bridgehead atoms. The number of rotatable bonds is 1. The van der Waals surface area contributed by atoms with Gasteiger partial charge in [-0.3, -0.25) is 0 Å². The predicted octanol–water partition coefficient (Wildman–Crippen LogP) is 4.19. The van der Waals surface area contributed by atoms with Crippen LogP contribution >= 0.6 is 15.9 Å². The van der Waals surface area contributed by atoms with Crippen molar-refractivity contribution in [2.24, 2.45) is 0 Å². The number of phenolic OH excluding ortho intramolecular Hbond substituents is 1. The third-order valence-electron chi connectivity index (χ3n) is 2.96. The first-order chi connectivity index (χ1) is 7.25. The van der Waals surface area contributed by atoms with Crippen LogP contribution in [0.5, 0.6) is 5.75 Å². The Labute approximate surface area is 96.9 Å². The Morgan fingerprint density at radius 2 is 2.00 bits per heavy atom. The smallest absolute Gasteiger partial charge is 0.117 e. The summed E-state index contributed by atoms with van der Waals surface area (Å²) in [6.07, 6.45) is 2.60. The Balaban J connectivity index is 2.37. The van der Waals surface area contributed by atoms with Gasteiger partial charge in [-0.15, -0.1) is 0 Å². The van der Waals surface area contributed by atoms with E-state index in [9.17, 15) is 5.11 Å². The first kappa shape index (κ1) is 9.22. The summed E-state index contributed by atoms with van der Waals surface area (Å²) in [5, 5.41) is 11.9. The largest absolute Gasteiger partial charge is 0.508 e. The topological polar surface area (TPSA) is 20.2 Å². The minimum absolute atomic E-state index is 0.322. The zero-order valence-corrected chi connectivity index (χ0v) is 9.79. The molecule has 0 saturated heterocycles. The Kier molecular flexibility index (Phi) is 1.99. The van der Waals surface area contributed by atoms with Gasteiger partial charge in [0.05, 0.1) is 0 Å². The summed E-state index contributed by atoms with van der Waals surface area (Å²) in [4.78, 5) is 0. The Bertz CT molecular complexity index is 529. The van der Waals surface area contributed by atoms with E-state index in [-0.39, 0.29) is 0 Å². The fourth-order valence-electron chi connectivity index (χ4n) is 2.12. The zero-order chi connectivity index (χ0) is 10.4. The van der Waals surface area contributed by atoms with Gasteiger partial charge in [0.15, 0.2) is 0 Å². The average molecular weight is 263 g/mol. The lowest BCUT2D eigenvalue weighted by atomic mass is 10.0. The second-order valence-corrected chi connectivity index (χ2v) is 5.00. The number of phenols is 1. The maximum atomic E-state index is 9.53. The van der Waals surface area contributed by atoms with Crippen molar-refractivity contribution < 1.29 is 5.11 Å². The van der Waals surface area contributed by atoms with E-state index in [0.717, 1.165) is 15.8 Å². The van der Waals surface area contributed by atoms with Gasteiger partial charge in [0.1, 0.15) is 5.75 Å². The van der Waals surface area contributed by atoms with Crippen molar-refractivity contribution in [3.05, 3.63) is 40.4 Å². The molecule has 15 heavy (non-hydrogen) atoms. The lowest BCUT2D eigenvalue weighted by molar-refractivity contribution is 0.476. The van der Waals surface area contributed by atoms with E-state index in [4.69, 9.17) is 0 Å². The summed E-state index contributed by atoms with van der Waals surface area (Å²) in [6, 6.07) is 9.91. The molecule has 1 nitrogen and oxygen atoms in total. The molecule has 1 N–H and O–H groups in total. The highest BCUT2D eigenvalue weighted by Gasteiger charge is 2.25. The molecule has 2 aromatic carbocycles. The minimum atomic E-state index is 0.322. The summed E-state index contributed by atoms with van der Waals surface area (Å²) in [6.45, 7) is 0. The standard InChI is InChI=1S/C13H11BrO/c14-12-7-10(15)6-9-2-1-3-11(13(9)12)8-4-5-8/h1-3,6-8,15H,4-5H2. The number of benzene rings is 2. The van der Waals surface area contributed by atoms with Gasteiger partial charge >= 0.3 is 0 Å². The maximum Gasteiger partial charge on any atom is 0.117 e. The molecular weight excluding hydrogens is 252 g/mol. The molecule has 76 valence electrons. The van der Waals surface area contributed by atoms with Crippen molar-refractivity contribution >= 4 is 26.7 Å². The molecule has 3 rings (SSSR count). The molecule has 0 heterocycles. The van der Waals surface area contributed by atoms with Gasteiger partial charge in [-0.05, 0) is 47.2 Å². The van der Waals surface area contributed by atoms with Crippen LogP contribution < -0.4 is 0 Å². The van der Waals surface area contributed by atoms with Crippen molar-refractivity contribution in [1.82, 2.24) is 0 Å². The van der Waals surface area contributed by atoms with Gasteiger partial charge in [-0.2, -0.15) is 0 Å². The normalized spacial score (nSPS) is 15.8. The van der Waals surface area contributed by atoms with Crippen molar-refractivity contribution in [3.63, 3.8) is 0 Å². The molecule has 0 atom stereocenters. The van der Waals surface area contributed by atoms with Crippen molar-refractivity contribution in [2.75, 3.05) is 0 Å². The van der Waals surface area contributed by atoms with E-state index in [1.54, 1.807) is 6.07 Å². The molecule has 1 aliphatic rings. The van der Waals surface area contributed by atoms with Crippen LogP contribution in [0, 0.1) is 0 Å². The van der Waals surface area contributed by atoms with E-state index >= 15 is 0 Å². The summed E-state index contributed by atoms with van der Waals surface area (Å²) in [7, 11) is 0. The molecule has 2 heteroatoms. The van der Waals surface area contributed by atoms with Gasteiger partial charge in [-0.25, -0.2) is 0 Å². The Morgan fingerprint density at radius 1 is 1.20 bits per heavy atom. The Hall–Kier alpha value is -1.02. The Morgan fingerprint density at radius 3 is 2.73 bits per heavy atom. The summed E-state index contributed by atoms with van der Waals surface area (Å²) >= 11 is 3.53. The van der Waals surface area contributed by atoms with Gasteiger partial charge in [0.2, 0.25) is 0 Å². The molecule has 0 radical (unpaired) electrons. The van der Waals surface area contributed by atoms with Crippen LogP contribution in [0.15, 0.2) is 34.8 Å². The first-order valence-electron chi connectivity index (χ1n) is 5.17. The number of aromatic hydroxyl groups is 1. The van der Waals surface area contributed by atoms with E-state index < -0.39 is 0 Å². The van der Waals surface area contributed by atoms with Gasteiger partial charge in [0.25, 0.3) is 0 Å². The number of hydrogen-bond donors (Lipinski definition) is 1. The molecule has 1 fully saturated rings. The molecule has 1 saturated carbocycles. The number of halogens is 1. The third kappa shape index (κ3) is 1.53. The molecule has 0 amide bonds. The van der Waals surface area contributed by atoms with Crippen LogP contribution in [0.3, 0.4) is 0 Å². The highest BCUT2D eigenvalue weighted by molar-refractivity contribution is 9.10. The molecule has 2 aromatic rings. The van der Waals surface area contributed by atoms with Crippen LogP contribution in [-0.4, -0.2) is 5.11 Å². The second-order valence-electron chi connectivity index (χ2n) is 4.15. The van der Waals surface area contributed by atoms with Gasteiger partial charge in [0, 0.05) is 4.47 Å². The van der Waals surface area contributed by atoms with E-state index in [1.165, 1.54) is 23.8 Å². The molecular formula is C13H11BrO. The first-order valence-corrected chi connectivity index (χ1v) is 5.96. The fraction of sp³-hybridized carbons (Fsp3) is 0.231. The quantitative estimate of drug-likeness (QED) is 0.818. The summed E-state index contributed by atoms with van der Waals surface area (Å²) in [5.41, 5.74) is 1.42. The third-order valence-corrected chi connectivity index (χ3v) is 3.59. The van der Waals surface area contributed by atoms with E-state index in [0.29, 0.717) is 5.75 Å². The molecule has 0 aliphatic heterocycles. The predicted molar refractivity (Wildman–Crippen MR) is 65.3 cm³/mol. The van der Waals surface area contributed by atoms with Crippen LogP contribution in [0.25, 0.3) is 10.8 Å². The van der Waals surface area contributed by atoms with Crippen LogP contribution in [0.1, 0.15) is 24.3 Å². The van der Waals surface area contributed by atoms with Crippen molar-refractivity contribution in [2.45, 2.75) is 18.8 Å². The number of fused-ring (bicyclic) bond motifs is 1. The molecule has 0 spiro atoms. The fourth-order valence-corrected chi connectivity index (χ4v) is 2.81. The van der Waals surface area contributed by atoms with Gasteiger partial charge < -0.3 is 5.11 Å². The summed E-state index contributed by atoms with van der Waals surface area (Å²) < 4.78 is 1.00. The second kappa shape index (κ2) is 3.24. The van der Waals surface area contributed by atoms with Crippen molar-refractivity contribution in [1.29, 1.82) is 0 Å². The molecule has 1 aliphatic carbocycles. The van der Waals surface area contributed by atoms with Crippen LogP contribution in [-0.2, 0) is 0 Å².